The first-order valence-corrected chi connectivity index (χ1v) is 10.1. The number of aromatic nitrogens is 3. The third-order valence-corrected chi connectivity index (χ3v) is 5.42. The Bertz CT molecular complexity index is 1070. The van der Waals surface area contributed by atoms with Gasteiger partial charge < -0.3 is 10.7 Å². The molecule has 0 spiro atoms. The van der Waals surface area contributed by atoms with E-state index in [1.54, 1.807) is 16.7 Å². The molecule has 1 aliphatic rings. The van der Waals surface area contributed by atoms with E-state index >= 15 is 0 Å². The average molecular weight is 395 g/mol. The Morgan fingerprint density at radius 2 is 2.00 bits per heavy atom. The van der Waals surface area contributed by atoms with Crippen LogP contribution in [0.1, 0.15) is 25.7 Å². The van der Waals surface area contributed by atoms with E-state index in [1.165, 1.54) is 12.1 Å². The number of nitrogens with two attached hydrogens (primary N) is 1. The summed E-state index contributed by atoms with van der Waals surface area (Å²) in [6.45, 7) is 3.60. The number of hydrogen-bond donors (Lipinski definition) is 2. The van der Waals surface area contributed by atoms with Crippen molar-refractivity contribution in [1.29, 1.82) is 0 Å². The maximum atomic E-state index is 13.2. The van der Waals surface area contributed by atoms with Crippen LogP contribution >= 0.6 is 0 Å². The maximum absolute atomic E-state index is 13.2. The molecule has 0 saturated heterocycles. The zero-order chi connectivity index (χ0) is 20.2. The normalized spacial score (nSPS) is 15.0. The molecule has 0 atom stereocenters. The molecule has 1 aliphatic heterocycles. The highest BCUT2D eigenvalue weighted by atomic mass is 19.1. The fourth-order valence-corrected chi connectivity index (χ4v) is 3.76. The van der Waals surface area contributed by atoms with Gasteiger partial charge in [-0.15, -0.1) is 0 Å². The Labute approximate surface area is 168 Å². The molecule has 3 aromatic rings. The van der Waals surface area contributed by atoms with Crippen molar-refractivity contribution in [2.24, 2.45) is 5.73 Å². The van der Waals surface area contributed by atoms with Gasteiger partial charge in [-0.25, -0.2) is 9.18 Å². The van der Waals surface area contributed by atoms with Gasteiger partial charge in [0.1, 0.15) is 11.5 Å². The molecule has 0 aliphatic carbocycles. The zero-order valence-corrected chi connectivity index (χ0v) is 16.4. The van der Waals surface area contributed by atoms with Crippen LogP contribution in [-0.2, 0) is 0 Å². The monoisotopic (exact) mass is 395 g/mol. The standard InChI is InChI=1S/C22H26FN5O/c23-18-6-4-16(5-7-18)20-14-17-15-28(22(29)26-21(17)25-20)19-8-12-27(13-9-19)11-3-1-2-10-24/h4-8,14-15H,1-3,9-13,24H2,(H,25,26,29). The van der Waals surface area contributed by atoms with Gasteiger partial charge in [-0.2, -0.15) is 4.98 Å². The van der Waals surface area contributed by atoms with Crippen LogP contribution in [0, 0.1) is 5.82 Å². The molecule has 2 aromatic heterocycles. The van der Waals surface area contributed by atoms with Crippen molar-refractivity contribution in [2.45, 2.75) is 25.7 Å². The zero-order valence-electron chi connectivity index (χ0n) is 16.4. The molecule has 0 amide bonds. The third kappa shape index (κ3) is 4.46. The Morgan fingerprint density at radius 3 is 2.72 bits per heavy atom. The molecule has 4 rings (SSSR count). The predicted molar refractivity (Wildman–Crippen MR) is 114 cm³/mol. The highest BCUT2D eigenvalue weighted by Crippen LogP contribution is 2.24. The molecule has 152 valence electrons. The molecule has 3 N–H and O–H groups in total. The van der Waals surface area contributed by atoms with E-state index in [2.05, 4.69) is 20.9 Å². The van der Waals surface area contributed by atoms with Crippen molar-refractivity contribution in [3.05, 3.63) is 58.9 Å². The quantitative estimate of drug-likeness (QED) is 0.602. The lowest BCUT2D eigenvalue weighted by molar-refractivity contribution is 0.292. The van der Waals surface area contributed by atoms with Crippen molar-refractivity contribution in [2.75, 3.05) is 26.2 Å². The van der Waals surface area contributed by atoms with Crippen LogP contribution in [0.15, 0.2) is 47.4 Å². The third-order valence-electron chi connectivity index (χ3n) is 5.42. The van der Waals surface area contributed by atoms with Gasteiger partial charge >= 0.3 is 5.69 Å². The van der Waals surface area contributed by atoms with Gasteiger partial charge in [0.25, 0.3) is 0 Å². The van der Waals surface area contributed by atoms with Gasteiger partial charge in [-0.1, -0.05) is 12.5 Å². The second-order valence-corrected chi connectivity index (χ2v) is 7.48. The summed E-state index contributed by atoms with van der Waals surface area (Å²) in [5, 5.41) is 0.856. The van der Waals surface area contributed by atoms with Crippen LogP contribution in [-0.4, -0.2) is 45.6 Å². The van der Waals surface area contributed by atoms with E-state index in [4.69, 9.17) is 5.73 Å². The summed E-state index contributed by atoms with van der Waals surface area (Å²) >= 11 is 0. The van der Waals surface area contributed by atoms with E-state index in [0.717, 1.165) is 74.2 Å². The number of nitrogens with zero attached hydrogens (tertiary/aromatic N) is 3. The minimum absolute atomic E-state index is 0.277. The largest absolute Gasteiger partial charge is 0.353 e. The molecule has 0 fully saturated rings. The van der Waals surface area contributed by atoms with E-state index in [1.807, 2.05) is 12.3 Å². The Morgan fingerprint density at radius 1 is 1.17 bits per heavy atom. The molecule has 3 heterocycles. The smallest absolute Gasteiger partial charge is 0.339 e. The average Bonchev–Trinajstić information content (AvgIpc) is 3.14. The number of nitrogens with one attached hydrogen (secondary N) is 1. The first kappa shape index (κ1) is 19.5. The van der Waals surface area contributed by atoms with Crippen molar-refractivity contribution in [3.63, 3.8) is 0 Å². The minimum atomic E-state index is -0.285. The van der Waals surface area contributed by atoms with E-state index in [0.29, 0.717) is 5.65 Å². The molecule has 6 nitrogen and oxygen atoms in total. The fraction of sp³-hybridized carbons (Fsp3) is 0.364. The first-order chi connectivity index (χ1) is 14.1. The fourth-order valence-electron chi connectivity index (χ4n) is 3.76. The van der Waals surface area contributed by atoms with Crippen LogP contribution in [0.2, 0.25) is 0 Å². The molecular weight excluding hydrogens is 369 g/mol. The summed E-state index contributed by atoms with van der Waals surface area (Å²) in [5.41, 5.74) is 8.46. The SMILES string of the molecule is NCCCCCN1CC=C(n2cc3cc(-c4ccc(F)cc4)[nH]c3nc2=O)CC1. The summed E-state index contributed by atoms with van der Waals surface area (Å²) in [7, 11) is 0. The number of rotatable bonds is 7. The number of fused-ring (bicyclic) bond motifs is 1. The van der Waals surface area contributed by atoms with Crippen LogP contribution < -0.4 is 11.4 Å². The Kier molecular flexibility index (Phi) is 5.87. The van der Waals surface area contributed by atoms with Crippen molar-refractivity contribution < 1.29 is 4.39 Å². The lowest BCUT2D eigenvalue weighted by atomic mass is 10.1. The number of benzene rings is 1. The Hall–Kier alpha value is -2.77. The van der Waals surface area contributed by atoms with Crippen LogP contribution in [0.4, 0.5) is 4.39 Å². The minimum Gasteiger partial charge on any atom is -0.339 e. The highest BCUT2D eigenvalue weighted by molar-refractivity contribution is 5.82. The topological polar surface area (TPSA) is 79.9 Å². The summed E-state index contributed by atoms with van der Waals surface area (Å²) in [4.78, 5) is 22.3. The number of H-pyrrole nitrogens is 1. The highest BCUT2D eigenvalue weighted by Gasteiger charge is 2.15. The summed E-state index contributed by atoms with van der Waals surface area (Å²) in [6.07, 6.45) is 8.18. The van der Waals surface area contributed by atoms with Crippen LogP contribution in [0.3, 0.4) is 0 Å². The molecule has 7 heteroatoms. The second-order valence-electron chi connectivity index (χ2n) is 7.48. The van der Waals surface area contributed by atoms with Crippen molar-refractivity contribution >= 4 is 16.7 Å². The van der Waals surface area contributed by atoms with Gasteiger partial charge in [0.2, 0.25) is 0 Å². The van der Waals surface area contributed by atoms with Crippen molar-refractivity contribution in [3.8, 4) is 11.3 Å². The molecular formula is C22H26FN5O. The van der Waals surface area contributed by atoms with Crippen LogP contribution in [0.25, 0.3) is 28.0 Å². The number of aromatic amines is 1. The maximum Gasteiger partial charge on any atom is 0.353 e. The molecule has 29 heavy (non-hydrogen) atoms. The summed E-state index contributed by atoms with van der Waals surface area (Å²) < 4.78 is 14.8. The molecule has 0 saturated carbocycles. The van der Waals surface area contributed by atoms with Gasteiger partial charge in [-0.05, 0) is 61.8 Å². The molecule has 0 radical (unpaired) electrons. The predicted octanol–water partition coefficient (Wildman–Crippen LogP) is 3.21. The van der Waals surface area contributed by atoms with Crippen molar-refractivity contribution in [1.82, 2.24) is 19.4 Å². The number of hydrogen-bond acceptors (Lipinski definition) is 4. The van der Waals surface area contributed by atoms with Gasteiger partial charge in [0.05, 0.1) is 0 Å². The molecule has 1 aromatic carbocycles. The van der Waals surface area contributed by atoms with E-state index in [-0.39, 0.29) is 11.5 Å². The molecule has 0 unspecified atom stereocenters. The second kappa shape index (κ2) is 8.71. The van der Waals surface area contributed by atoms with Gasteiger partial charge in [-0.3, -0.25) is 9.47 Å². The first-order valence-electron chi connectivity index (χ1n) is 10.1. The molecule has 0 bridgehead atoms. The van der Waals surface area contributed by atoms with E-state index < -0.39 is 0 Å². The van der Waals surface area contributed by atoms with E-state index in [9.17, 15) is 9.18 Å². The van der Waals surface area contributed by atoms with Crippen LogP contribution in [0.5, 0.6) is 0 Å². The number of halogens is 1. The van der Waals surface area contributed by atoms with Gasteiger partial charge in [0.15, 0.2) is 0 Å². The lowest BCUT2D eigenvalue weighted by Crippen LogP contribution is -2.32. The Balaban J connectivity index is 1.52. The summed E-state index contributed by atoms with van der Waals surface area (Å²) in [6, 6.07) is 8.19. The number of unbranched alkanes of at least 4 members (excludes halogenated alkanes) is 2. The lowest BCUT2D eigenvalue weighted by Gasteiger charge is -2.26. The summed E-state index contributed by atoms with van der Waals surface area (Å²) in [5.74, 6) is -0.277. The van der Waals surface area contributed by atoms with Gasteiger partial charge in [0, 0.05) is 42.5 Å².